The van der Waals surface area contributed by atoms with Crippen LogP contribution in [0.2, 0.25) is 0 Å². The van der Waals surface area contributed by atoms with Crippen LogP contribution in [0.4, 0.5) is 4.39 Å². The topological polar surface area (TPSA) is 45.1 Å². The lowest BCUT2D eigenvalue weighted by Gasteiger charge is -2.22. The molecule has 0 fully saturated rings. The van der Waals surface area contributed by atoms with E-state index in [9.17, 15) is 9.50 Å². The number of aromatic nitrogens is 1. The van der Waals surface area contributed by atoms with Gasteiger partial charge in [-0.05, 0) is 24.5 Å². The Kier molecular flexibility index (Phi) is 6.22. The molecule has 102 valence electrons. The molecular weight excluding hydrogens is 231 g/mol. The first-order chi connectivity index (χ1) is 8.58. The van der Waals surface area contributed by atoms with Gasteiger partial charge in [0.2, 0.25) is 0 Å². The van der Waals surface area contributed by atoms with Crippen LogP contribution < -0.4 is 5.32 Å². The fourth-order valence-electron chi connectivity index (χ4n) is 1.79. The first-order valence-corrected chi connectivity index (χ1v) is 6.61. The first-order valence-electron chi connectivity index (χ1n) is 6.61. The maximum atomic E-state index is 12.8. The molecule has 0 bridgehead atoms. The Labute approximate surface area is 108 Å². The highest BCUT2D eigenvalue weighted by Crippen LogP contribution is 2.15. The van der Waals surface area contributed by atoms with Crippen molar-refractivity contribution < 1.29 is 9.50 Å². The van der Waals surface area contributed by atoms with E-state index in [0.29, 0.717) is 6.54 Å². The predicted molar refractivity (Wildman–Crippen MR) is 70.7 cm³/mol. The van der Waals surface area contributed by atoms with E-state index in [4.69, 9.17) is 0 Å². The number of hydrogen-bond acceptors (Lipinski definition) is 3. The van der Waals surface area contributed by atoms with Crippen molar-refractivity contribution in [1.82, 2.24) is 10.3 Å². The Balaban J connectivity index is 2.54. The van der Waals surface area contributed by atoms with E-state index in [0.717, 1.165) is 18.5 Å². The van der Waals surface area contributed by atoms with Gasteiger partial charge < -0.3 is 10.4 Å². The van der Waals surface area contributed by atoms with Crippen molar-refractivity contribution in [1.29, 1.82) is 0 Å². The van der Waals surface area contributed by atoms with E-state index in [1.165, 1.54) is 12.3 Å². The molecular formula is C14H23FN2O. The summed E-state index contributed by atoms with van der Waals surface area (Å²) in [6.45, 7) is 6.67. The Morgan fingerprint density at radius 2 is 2.06 bits per heavy atom. The Morgan fingerprint density at radius 3 is 2.56 bits per heavy atom. The van der Waals surface area contributed by atoms with Crippen molar-refractivity contribution in [3.05, 3.63) is 29.8 Å². The van der Waals surface area contributed by atoms with Crippen LogP contribution >= 0.6 is 0 Å². The molecule has 0 aliphatic rings. The van der Waals surface area contributed by atoms with Gasteiger partial charge in [-0.2, -0.15) is 0 Å². The van der Waals surface area contributed by atoms with Crippen molar-refractivity contribution in [2.24, 2.45) is 5.92 Å². The predicted octanol–water partition coefficient (Wildman–Crippen LogP) is 2.67. The van der Waals surface area contributed by atoms with Crippen molar-refractivity contribution in [2.45, 2.75) is 45.8 Å². The van der Waals surface area contributed by atoms with Gasteiger partial charge in [0.25, 0.3) is 0 Å². The van der Waals surface area contributed by atoms with Gasteiger partial charge in [0.1, 0.15) is 5.82 Å². The van der Waals surface area contributed by atoms with Crippen LogP contribution in [0.5, 0.6) is 0 Å². The summed E-state index contributed by atoms with van der Waals surface area (Å²) >= 11 is 0. The third kappa shape index (κ3) is 4.35. The van der Waals surface area contributed by atoms with Crippen LogP contribution in [-0.4, -0.2) is 22.7 Å². The van der Waals surface area contributed by atoms with Crippen LogP contribution in [0.15, 0.2) is 18.3 Å². The van der Waals surface area contributed by atoms with Gasteiger partial charge in [0, 0.05) is 12.6 Å². The summed E-state index contributed by atoms with van der Waals surface area (Å²) in [5.74, 6) is -0.0515. The molecule has 1 aromatic rings. The highest BCUT2D eigenvalue weighted by molar-refractivity contribution is 5.09. The minimum absolute atomic E-state index is 0.0595. The highest BCUT2D eigenvalue weighted by atomic mass is 19.1. The number of aliphatic hydroxyl groups excluding tert-OH is 1. The summed E-state index contributed by atoms with van der Waals surface area (Å²) in [4.78, 5) is 4.07. The average molecular weight is 254 g/mol. The Hall–Kier alpha value is -1.00. The van der Waals surface area contributed by atoms with E-state index in [1.807, 2.05) is 13.8 Å². The summed E-state index contributed by atoms with van der Waals surface area (Å²) < 4.78 is 12.8. The van der Waals surface area contributed by atoms with Gasteiger partial charge in [-0.1, -0.05) is 27.2 Å². The molecule has 0 spiro atoms. The lowest BCUT2D eigenvalue weighted by Crippen LogP contribution is -2.34. The summed E-state index contributed by atoms with van der Waals surface area (Å²) in [7, 11) is 0. The minimum Gasteiger partial charge on any atom is -0.392 e. The number of halogens is 1. The highest BCUT2D eigenvalue weighted by Gasteiger charge is 2.16. The zero-order valence-corrected chi connectivity index (χ0v) is 11.4. The summed E-state index contributed by atoms with van der Waals surface area (Å²) in [5, 5.41) is 13.2. The second-order valence-corrected chi connectivity index (χ2v) is 4.72. The Morgan fingerprint density at radius 1 is 1.33 bits per heavy atom. The van der Waals surface area contributed by atoms with E-state index < -0.39 is 0 Å². The molecule has 1 rings (SSSR count). The van der Waals surface area contributed by atoms with Gasteiger partial charge >= 0.3 is 0 Å². The van der Waals surface area contributed by atoms with Crippen molar-refractivity contribution in [3.8, 4) is 0 Å². The van der Waals surface area contributed by atoms with E-state index in [2.05, 4.69) is 17.2 Å². The average Bonchev–Trinajstić information content (AvgIpc) is 2.40. The number of pyridine rings is 1. The number of rotatable bonds is 7. The molecule has 1 heterocycles. The second-order valence-electron chi connectivity index (χ2n) is 4.72. The van der Waals surface area contributed by atoms with Gasteiger partial charge in [-0.3, -0.25) is 4.98 Å². The summed E-state index contributed by atoms with van der Waals surface area (Å²) in [6, 6.07) is 3.16. The quantitative estimate of drug-likeness (QED) is 0.786. The molecule has 4 heteroatoms. The molecule has 2 N–H and O–H groups in total. The fraction of sp³-hybridized carbons (Fsp3) is 0.643. The van der Waals surface area contributed by atoms with E-state index >= 15 is 0 Å². The zero-order chi connectivity index (χ0) is 13.5. The van der Waals surface area contributed by atoms with Gasteiger partial charge in [0.05, 0.1) is 18.0 Å². The second kappa shape index (κ2) is 7.44. The number of hydrogen-bond donors (Lipinski definition) is 2. The zero-order valence-electron chi connectivity index (χ0n) is 11.4. The smallest absolute Gasteiger partial charge is 0.141 e. The fourth-order valence-corrected chi connectivity index (χ4v) is 1.79. The van der Waals surface area contributed by atoms with Crippen LogP contribution in [0.1, 0.15) is 45.3 Å². The lowest BCUT2D eigenvalue weighted by atomic mass is 10.0. The SMILES string of the molecule is CCC(NCC(O)C(C)CC)c1ccc(F)cn1. The molecule has 18 heavy (non-hydrogen) atoms. The van der Waals surface area contributed by atoms with Gasteiger partial charge in [0.15, 0.2) is 0 Å². The number of aliphatic hydroxyl groups is 1. The van der Waals surface area contributed by atoms with Gasteiger partial charge in [-0.15, -0.1) is 0 Å². The molecule has 0 aromatic carbocycles. The Bertz CT molecular complexity index is 342. The third-order valence-electron chi connectivity index (χ3n) is 3.39. The molecule has 0 aliphatic heterocycles. The van der Waals surface area contributed by atoms with Crippen LogP contribution in [0.3, 0.4) is 0 Å². The standard InChI is InChI=1S/C14H23FN2O/c1-4-10(3)14(18)9-17-12(5-2)13-7-6-11(15)8-16-13/h6-8,10,12,14,17-18H,4-5,9H2,1-3H3. The summed E-state index contributed by atoms with van der Waals surface area (Å²) in [6.07, 6.45) is 2.68. The third-order valence-corrected chi connectivity index (χ3v) is 3.39. The van der Waals surface area contributed by atoms with E-state index in [1.54, 1.807) is 6.07 Å². The minimum atomic E-state index is -0.357. The van der Waals surface area contributed by atoms with Crippen LogP contribution in [0.25, 0.3) is 0 Å². The van der Waals surface area contributed by atoms with E-state index in [-0.39, 0.29) is 23.9 Å². The van der Waals surface area contributed by atoms with Gasteiger partial charge in [-0.25, -0.2) is 4.39 Å². The van der Waals surface area contributed by atoms with Crippen molar-refractivity contribution >= 4 is 0 Å². The van der Waals surface area contributed by atoms with Crippen LogP contribution in [0, 0.1) is 11.7 Å². The normalized spacial score (nSPS) is 16.3. The molecule has 3 atom stereocenters. The molecule has 0 saturated heterocycles. The molecule has 1 aromatic heterocycles. The molecule has 0 amide bonds. The monoisotopic (exact) mass is 254 g/mol. The molecule has 3 unspecified atom stereocenters. The molecule has 0 saturated carbocycles. The van der Waals surface area contributed by atoms with Crippen LogP contribution in [-0.2, 0) is 0 Å². The maximum absolute atomic E-state index is 12.8. The maximum Gasteiger partial charge on any atom is 0.141 e. The molecule has 3 nitrogen and oxygen atoms in total. The lowest BCUT2D eigenvalue weighted by molar-refractivity contribution is 0.109. The number of nitrogens with zero attached hydrogens (tertiary/aromatic N) is 1. The van der Waals surface area contributed by atoms with Crippen molar-refractivity contribution in [2.75, 3.05) is 6.54 Å². The first kappa shape index (κ1) is 15.1. The largest absolute Gasteiger partial charge is 0.392 e. The van der Waals surface area contributed by atoms with Crippen molar-refractivity contribution in [3.63, 3.8) is 0 Å². The number of nitrogens with one attached hydrogen (secondary N) is 1. The molecule has 0 radical (unpaired) electrons. The molecule has 0 aliphatic carbocycles. The summed E-state index contributed by atoms with van der Waals surface area (Å²) in [5.41, 5.74) is 0.815.